The van der Waals surface area contributed by atoms with Crippen LogP contribution in [0.4, 0.5) is 0 Å². The molecule has 0 saturated carbocycles. The quantitative estimate of drug-likeness (QED) is 0.637. The van der Waals surface area contributed by atoms with Crippen molar-refractivity contribution in [1.29, 1.82) is 0 Å². The van der Waals surface area contributed by atoms with Gasteiger partial charge in [-0.25, -0.2) is 0 Å². The van der Waals surface area contributed by atoms with E-state index in [0.717, 1.165) is 19.4 Å². The van der Waals surface area contributed by atoms with Crippen molar-refractivity contribution in [3.8, 4) is 0 Å². The van der Waals surface area contributed by atoms with Crippen molar-refractivity contribution in [1.82, 2.24) is 4.90 Å². The van der Waals surface area contributed by atoms with E-state index in [4.69, 9.17) is 5.73 Å². The molecule has 0 aromatic carbocycles. The van der Waals surface area contributed by atoms with E-state index in [1.165, 1.54) is 12.8 Å². The lowest BCUT2D eigenvalue weighted by atomic mass is 10.2. The van der Waals surface area contributed by atoms with Crippen LogP contribution >= 0.6 is 0 Å². The molecular weight excluding hydrogens is 164 g/mol. The van der Waals surface area contributed by atoms with Gasteiger partial charge in [0, 0.05) is 13.6 Å². The monoisotopic (exact) mass is 186 g/mol. The normalized spacial score (nSPS) is 12.6. The number of carbonyl (C=O) groups is 1. The molecule has 3 nitrogen and oxygen atoms in total. The van der Waals surface area contributed by atoms with Crippen LogP contribution in [0.25, 0.3) is 0 Å². The average Bonchev–Trinajstić information content (AvgIpc) is 2.15. The van der Waals surface area contributed by atoms with E-state index in [0.29, 0.717) is 0 Å². The Morgan fingerprint density at radius 3 is 2.46 bits per heavy atom. The maximum atomic E-state index is 11.5. The van der Waals surface area contributed by atoms with Crippen LogP contribution in [0.5, 0.6) is 0 Å². The lowest BCUT2D eigenvalue weighted by molar-refractivity contribution is -0.131. The van der Waals surface area contributed by atoms with Gasteiger partial charge in [-0.05, 0) is 12.8 Å². The summed E-state index contributed by atoms with van der Waals surface area (Å²) in [6.07, 6.45) is 4.16. The minimum absolute atomic E-state index is 0.0682. The summed E-state index contributed by atoms with van der Waals surface area (Å²) in [5.74, 6) is 0.0682. The van der Waals surface area contributed by atoms with Gasteiger partial charge in [0.15, 0.2) is 0 Å². The maximum absolute atomic E-state index is 11.5. The maximum Gasteiger partial charge on any atom is 0.239 e. The zero-order valence-electron chi connectivity index (χ0n) is 9.05. The highest BCUT2D eigenvalue weighted by molar-refractivity contribution is 5.81. The number of nitrogens with zero attached hydrogens (tertiary/aromatic N) is 1. The third kappa shape index (κ3) is 4.88. The second kappa shape index (κ2) is 6.89. The number of likely N-dealkylation sites (N-methyl/N-ethyl adjacent to an activating group) is 1. The fourth-order valence-electron chi connectivity index (χ4n) is 1.17. The van der Waals surface area contributed by atoms with E-state index in [9.17, 15) is 4.79 Å². The fourth-order valence-corrected chi connectivity index (χ4v) is 1.17. The van der Waals surface area contributed by atoms with Gasteiger partial charge >= 0.3 is 0 Å². The zero-order chi connectivity index (χ0) is 10.3. The molecule has 3 heteroatoms. The lowest BCUT2D eigenvalue weighted by Gasteiger charge is -2.20. The highest BCUT2D eigenvalue weighted by Crippen LogP contribution is 1.99. The number of rotatable bonds is 6. The highest BCUT2D eigenvalue weighted by Gasteiger charge is 2.14. The van der Waals surface area contributed by atoms with E-state index < -0.39 is 0 Å². The smallest absolute Gasteiger partial charge is 0.239 e. The Hall–Kier alpha value is -0.570. The first-order valence-corrected chi connectivity index (χ1v) is 5.14. The van der Waals surface area contributed by atoms with Crippen molar-refractivity contribution < 1.29 is 4.79 Å². The van der Waals surface area contributed by atoms with Gasteiger partial charge in [-0.15, -0.1) is 0 Å². The van der Waals surface area contributed by atoms with Crippen molar-refractivity contribution >= 4 is 5.91 Å². The van der Waals surface area contributed by atoms with Crippen LogP contribution in [0.2, 0.25) is 0 Å². The van der Waals surface area contributed by atoms with E-state index in [-0.39, 0.29) is 11.9 Å². The molecule has 0 heterocycles. The average molecular weight is 186 g/mol. The Balaban J connectivity index is 3.69. The third-order valence-corrected chi connectivity index (χ3v) is 2.23. The minimum Gasteiger partial charge on any atom is -0.344 e. The summed E-state index contributed by atoms with van der Waals surface area (Å²) in [6.45, 7) is 4.92. The molecule has 0 fully saturated rings. The van der Waals surface area contributed by atoms with Crippen molar-refractivity contribution in [3.05, 3.63) is 0 Å². The van der Waals surface area contributed by atoms with Gasteiger partial charge in [0.05, 0.1) is 6.04 Å². The van der Waals surface area contributed by atoms with E-state index in [2.05, 4.69) is 6.92 Å². The Labute approximate surface area is 81.3 Å². The van der Waals surface area contributed by atoms with Gasteiger partial charge in [-0.1, -0.05) is 26.7 Å². The molecular formula is C10H22N2O. The van der Waals surface area contributed by atoms with Gasteiger partial charge in [0.1, 0.15) is 0 Å². The second-order valence-electron chi connectivity index (χ2n) is 3.48. The summed E-state index contributed by atoms with van der Waals surface area (Å²) >= 11 is 0. The zero-order valence-corrected chi connectivity index (χ0v) is 9.05. The topological polar surface area (TPSA) is 46.3 Å². The van der Waals surface area contributed by atoms with Crippen molar-refractivity contribution in [2.45, 2.75) is 45.6 Å². The van der Waals surface area contributed by atoms with Gasteiger partial charge in [-0.3, -0.25) is 4.79 Å². The number of hydrogen-bond acceptors (Lipinski definition) is 2. The summed E-state index contributed by atoms with van der Waals surface area (Å²) < 4.78 is 0. The van der Waals surface area contributed by atoms with E-state index in [1.807, 2.05) is 14.0 Å². The molecule has 0 radical (unpaired) electrons. The van der Waals surface area contributed by atoms with Crippen molar-refractivity contribution in [2.75, 3.05) is 13.6 Å². The van der Waals surface area contributed by atoms with Crippen LogP contribution in [0, 0.1) is 0 Å². The molecule has 0 aliphatic heterocycles. The Kier molecular flexibility index (Phi) is 6.59. The molecule has 0 rings (SSSR count). The second-order valence-corrected chi connectivity index (χ2v) is 3.48. The highest BCUT2D eigenvalue weighted by atomic mass is 16.2. The Morgan fingerprint density at radius 2 is 2.00 bits per heavy atom. The molecule has 13 heavy (non-hydrogen) atoms. The van der Waals surface area contributed by atoms with Gasteiger partial charge in [-0.2, -0.15) is 0 Å². The molecule has 1 atom stereocenters. The summed E-state index contributed by atoms with van der Waals surface area (Å²) in [5.41, 5.74) is 5.63. The van der Waals surface area contributed by atoms with Gasteiger partial charge in [0.2, 0.25) is 5.91 Å². The lowest BCUT2D eigenvalue weighted by Crippen LogP contribution is -2.41. The molecule has 2 N–H and O–H groups in total. The molecule has 0 bridgehead atoms. The molecule has 0 spiro atoms. The van der Waals surface area contributed by atoms with E-state index in [1.54, 1.807) is 4.90 Å². The molecule has 0 aliphatic carbocycles. The number of nitrogens with two attached hydrogens (primary N) is 1. The molecule has 0 saturated heterocycles. The summed E-state index contributed by atoms with van der Waals surface area (Å²) in [4.78, 5) is 13.2. The van der Waals surface area contributed by atoms with Crippen molar-refractivity contribution in [2.24, 2.45) is 5.73 Å². The molecule has 1 amide bonds. The van der Waals surface area contributed by atoms with Crippen LogP contribution in [0.15, 0.2) is 0 Å². The Morgan fingerprint density at radius 1 is 1.38 bits per heavy atom. The van der Waals surface area contributed by atoms with Crippen LogP contribution < -0.4 is 5.73 Å². The van der Waals surface area contributed by atoms with Crippen LogP contribution in [0.3, 0.4) is 0 Å². The number of carbonyl (C=O) groups excluding carboxylic acids is 1. The van der Waals surface area contributed by atoms with Crippen LogP contribution in [-0.4, -0.2) is 30.4 Å². The minimum atomic E-state index is -0.313. The third-order valence-electron chi connectivity index (χ3n) is 2.23. The molecule has 0 aromatic heterocycles. The SMILES string of the molecule is CCCCCN(C)C(=O)[C@H](N)CC. The van der Waals surface area contributed by atoms with Crippen molar-refractivity contribution in [3.63, 3.8) is 0 Å². The molecule has 78 valence electrons. The predicted molar refractivity (Wildman–Crippen MR) is 55.4 cm³/mol. The Bertz CT molecular complexity index is 148. The van der Waals surface area contributed by atoms with E-state index >= 15 is 0 Å². The fraction of sp³-hybridized carbons (Fsp3) is 0.900. The van der Waals surface area contributed by atoms with Crippen LogP contribution in [0.1, 0.15) is 39.5 Å². The first-order chi connectivity index (χ1) is 6.13. The number of hydrogen-bond donors (Lipinski definition) is 1. The molecule has 0 aromatic rings. The largest absolute Gasteiger partial charge is 0.344 e. The van der Waals surface area contributed by atoms with Gasteiger partial charge in [0.25, 0.3) is 0 Å². The van der Waals surface area contributed by atoms with Crippen LogP contribution in [-0.2, 0) is 4.79 Å². The summed E-state index contributed by atoms with van der Waals surface area (Å²) in [5, 5.41) is 0. The molecule has 0 unspecified atom stereocenters. The standard InChI is InChI=1S/C10H22N2O/c1-4-6-7-8-12(3)10(13)9(11)5-2/h9H,4-8,11H2,1-3H3/t9-/m1/s1. The van der Waals surface area contributed by atoms with Gasteiger partial charge < -0.3 is 10.6 Å². The number of unbranched alkanes of at least 4 members (excludes halogenated alkanes) is 2. The first kappa shape index (κ1) is 12.4. The first-order valence-electron chi connectivity index (χ1n) is 5.14. The molecule has 0 aliphatic rings. The summed E-state index contributed by atoms with van der Waals surface area (Å²) in [7, 11) is 1.83. The number of amides is 1. The predicted octanol–water partition coefficient (Wildman–Crippen LogP) is 1.37. The summed E-state index contributed by atoms with van der Waals surface area (Å²) in [6, 6.07) is -0.313.